The lowest BCUT2D eigenvalue weighted by Gasteiger charge is -2.15. The average molecular weight is 287 g/mol. The zero-order valence-electron chi connectivity index (χ0n) is 8.86. The molecule has 0 bridgehead atoms. The van der Waals surface area contributed by atoms with Crippen molar-refractivity contribution in [1.29, 1.82) is 0 Å². The van der Waals surface area contributed by atoms with Gasteiger partial charge in [-0.1, -0.05) is 28.1 Å². The van der Waals surface area contributed by atoms with Crippen LogP contribution in [0.1, 0.15) is 13.8 Å². The maximum absolute atomic E-state index is 11.6. The molecule has 0 aliphatic carbocycles. The predicted molar refractivity (Wildman–Crippen MR) is 64.7 cm³/mol. The molecule has 1 N–H and O–H groups in total. The van der Waals surface area contributed by atoms with Gasteiger partial charge in [0.25, 0.3) is 5.69 Å². The average Bonchev–Trinajstić information content (AvgIpc) is 2.16. The van der Waals surface area contributed by atoms with Gasteiger partial charge in [-0.25, -0.2) is 0 Å². The third-order valence-corrected chi connectivity index (χ3v) is 2.25. The fourth-order valence-corrected chi connectivity index (χ4v) is 1.11. The van der Waals surface area contributed by atoms with Crippen LogP contribution in [0.3, 0.4) is 0 Å². The molecule has 0 aliphatic rings. The molecular weight excluding hydrogens is 276 g/mol. The lowest BCUT2D eigenvalue weighted by Crippen LogP contribution is -2.31. The summed E-state index contributed by atoms with van der Waals surface area (Å²) < 4.78 is -0.767. The summed E-state index contributed by atoms with van der Waals surface area (Å²) in [5, 5.41) is 13.2. The molecule has 0 aliphatic heterocycles. The van der Waals surface area contributed by atoms with Gasteiger partial charge < -0.3 is 5.32 Å². The van der Waals surface area contributed by atoms with Crippen LogP contribution in [-0.2, 0) is 4.79 Å². The molecule has 5 nitrogen and oxygen atoms in total. The van der Waals surface area contributed by atoms with E-state index < -0.39 is 9.25 Å². The van der Waals surface area contributed by atoms with Gasteiger partial charge in [-0.2, -0.15) is 0 Å². The van der Waals surface area contributed by atoms with Crippen molar-refractivity contribution < 1.29 is 9.72 Å². The Morgan fingerprint density at radius 3 is 2.50 bits per heavy atom. The number of para-hydroxylation sites is 2. The molecule has 86 valence electrons. The van der Waals surface area contributed by atoms with Crippen LogP contribution in [0.2, 0.25) is 0 Å². The maximum atomic E-state index is 11.6. The van der Waals surface area contributed by atoms with Crippen LogP contribution >= 0.6 is 15.9 Å². The van der Waals surface area contributed by atoms with Crippen LogP contribution in [0.15, 0.2) is 24.3 Å². The number of halogens is 1. The number of carbonyl (C=O) groups is 1. The topological polar surface area (TPSA) is 72.2 Å². The number of alkyl halides is 1. The SMILES string of the molecule is CC(C)(Br)C(=O)Nc1ccccc1[N+](=O)[O-]. The Balaban J connectivity index is 2.98. The van der Waals surface area contributed by atoms with E-state index in [2.05, 4.69) is 21.2 Å². The fraction of sp³-hybridized carbons (Fsp3) is 0.300. The maximum Gasteiger partial charge on any atom is 0.292 e. The van der Waals surface area contributed by atoms with E-state index in [0.717, 1.165) is 0 Å². The smallest absolute Gasteiger partial charge is 0.292 e. The van der Waals surface area contributed by atoms with Crippen LogP contribution in [0.5, 0.6) is 0 Å². The van der Waals surface area contributed by atoms with Crippen molar-refractivity contribution >= 4 is 33.2 Å². The normalized spacial score (nSPS) is 10.9. The predicted octanol–water partition coefficient (Wildman–Crippen LogP) is 2.71. The molecule has 0 unspecified atom stereocenters. The van der Waals surface area contributed by atoms with Crippen molar-refractivity contribution in [2.45, 2.75) is 18.2 Å². The Morgan fingerprint density at radius 1 is 1.44 bits per heavy atom. The standard InChI is InChI=1S/C10H11BrN2O3/c1-10(2,11)9(14)12-7-5-3-4-6-8(7)13(15)16/h3-6H,1-2H3,(H,12,14). The molecule has 0 saturated carbocycles. The fourth-order valence-electron chi connectivity index (χ4n) is 1.01. The Hall–Kier alpha value is -1.43. The Kier molecular flexibility index (Phi) is 3.64. The second-order valence-electron chi connectivity index (χ2n) is 3.70. The minimum atomic E-state index is -0.767. The highest BCUT2D eigenvalue weighted by Gasteiger charge is 2.25. The van der Waals surface area contributed by atoms with Gasteiger partial charge in [-0.3, -0.25) is 14.9 Å². The van der Waals surface area contributed by atoms with Gasteiger partial charge in [0, 0.05) is 6.07 Å². The zero-order chi connectivity index (χ0) is 12.3. The van der Waals surface area contributed by atoms with Gasteiger partial charge in [0.2, 0.25) is 5.91 Å². The number of nitro benzene ring substituents is 1. The molecule has 1 amide bonds. The van der Waals surface area contributed by atoms with E-state index in [1.165, 1.54) is 12.1 Å². The molecule has 1 aromatic carbocycles. The molecule has 0 heterocycles. The summed E-state index contributed by atoms with van der Waals surface area (Å²) in [7, 11) is 0. The number of nitrogens with zero attached hydrogens (tertiary/aromatic N) is 1. The highest BCUT2D eigenvalue weighted by atomic mass is 79.9. The van der Waals surface area contributed by atoms with E-state index in [4.69, 9.17) is 0 Å². The monoisotopic (exact) mass is 286 g/mol. The van der Waals surface area contributed by atoms with Crippen molar-refractivity contribution in [1.82, 2.24) is 0 Å². The molecule has 6 heteroatoms. The molecule has 0 spiro atoms. The molecule has 0 aromatic heterocycles. The number of amides is 1. The van der Waals surface area contributed by atoms with E-state index in [0.29, 0.717) is 0 Å². The quantitative estimate of drug-likeness (QED) is 0.527. The van der Waals surface area contributed by atoms with Gasteiger partial charge in [0.1, 0.15) is 5.69 Å². The van der Waals surface area contributed by atoms with Crippen LogP contribution in [0.4, 0.5) is 11.4 Å². The number of anilines is 1. The molecule has 1 rings (SSSR count). The second-order valence-corrected chi connectivity index (χ2v) is 5.68. The first kappa shape index (κ1) is 12.6. The van der Waals surface area contributed by atoms with Crippen LogP contribution in [0.25, 0.3) is 0 Å². The van der Waals surface area contributed by atoms with Gasteiger partial charge in [-0.15, -0.1) is 0 Å². The molecule has 0 fully saturated rings. The van der Waals surface area contributed by atoms with Crippen LogP contribution in [-0.4, -0.2) is 15.2 Å². The molecule has 0 radical (unpaired) electrons. The Labute approximate surface area is 101 Å². The van der Waals surface area contributed by atoms with E-state index in [-0.39, 0.29) is 17.3 Å². The highest BCUT2D eigenvalue weighted by molar-refractivity contribution is 9.10. The minimum absolute atomic E-state index is 0.118. The highest BCUT2D eigenvalue weighted by Crippen LogP contribution is 2.25. The minimum Gasteiger partial charge on any atom is -0.319 e. The molecule has 16 heavy (non-hydrogen) atoms. The van der Waals surface area contributed by atoms with E-state index in [1.54, 1.807) is 26.0 Å². The summed E-state index contributed by atoms with van der Waals surface area (Å²) in [6, 6.07) is 6.02. The summed E-state index contributed by atoms with van der Waals surface area (Å²) in [6.45, 7) is 3.33. The molecule has 1 aromatic rings. The van der Waals surface area contributed by atoms with Gasteiger partial charge in [0.15, 0.2) is 0 Å². The van der Waals surface area contributed by atoms with E-state index in [1.807, 2.05) is 0 Å². The Morgan fingerprint density at radius 2 is 2.00 bits per heavy atom. The van der Waals surface area contributed by atoms with Crippen molar-refractivity contribution in [3.8, 4) is 0 Å². The first-order chi connectivity index (χ1) is 7.32. The number of nitro groups is 1. The zero-order valence-corrected chi connectivity index (χ0v) is 10.4. The van der Waals surface area contributed by atoms with Gasteiger partial charge >= 0.3 is 0 Å². The third-order valence-electron chi connectivity index (χ3n) is 1.89. The van der Waals surface area contributed by atoms with E-state index in [9.17, 15) is 14.9 Å². The molecule has 0 saturated heterocycles. The number of nitrogens with one attached hydrogen (secondary N) is 1. The van der Waals surface area contributed by atoms with Crippen molar-refractivity contribution in [2.75, 3.05) is 5.32 Å². The Bertz CT molecular complexity index is 426. The number of rotatable bonds is 3. The molecule has 0 atom stereocenters. The number of hydrogen-bond donors (Lipinski definition) is 1. The lowest BCUT2D eigenvalue weighted by molar-refractivity contribution is -0.383. The molecular formula is C10H11BrN2O3. The van der Waals surface area contributed by atoms with Crippen LogP contribution in [0, 0.1) is 10.1 Å². The summed E-state index contributed by atoms with van der Waals surface area (Å²) in [5.41, 5.74) is 0.0811. The van der Waals surface area contributed by atoms with Crippen molar-refractivity contribution in [2.24, 2.45) is 0 Å². The second kappa shape index (κ2) is 4.61. The first-order valence-electron chi connectivity index (χ1n) is 4.56. The van der Waals surface area contributed by atoms with E-state index >= 15 is 0 Å². The largest absolute Gasteiger partial charge is 0.319 e. The van der Waals surface area contributed by atoms with Gasteiger partial charge in [-0.05, 0) is 19.9 Å². The number of hydrogen-bond acceptors (Lipinski definition) is 3. The number of carbonyl (C=O) groups excluding carboxylic acids is 1. The summed E-state index contributed by atoms with van der Waals surface area (Å²) in [4.78, 5) is 21.8. The third kappa shape index (κ3) is 3.03. The summed E-state index contributed by atoms with van der Waals surface area (Å²) >= 11 is 3.18. The summed E-state index contributed by atoms with van der Waals surface area (Å²) in [6.07, 6.45) is 0. The van der Waals surface area contributed by atoms with Crippen LogP contribution < -0.4 is 5.32 Å². The van der Waals surface area contributed by atoms with Crippen molar-refractivity contribution in [3.63, 3.8) is 0 Å². The first-order valence-corrected chi connectivity index (χ1v) is 5.35. The van der Waals surface area contributed by atoms with Crippen molar-refractivity contribution in [3.05, 3.63) is 34.4 Å². The number of benzene rings is 1. The lowest BCUT2D eigenvalue weighted by atomic mass is 10.2. The van der Waals surface area contributed by atoms with Gasteiger partial charge in [0.05, 0.1) is 9.25 Å². The summed E-state index contributed by atoms with van der Waals surface area (Å²) in [5.74, 6) is -0.332.